The van der Waals surface area contributed by atoms with Crippen molar-refractivity contribution in [1.29, 1.82) is 0 Å². The first-order valence-electron chi connectivity index (χ1n) is 7.85. The third-order valence-corrected chi connectivity index (χ3v) is 4.25. The Kier molecular flexibility index (Phi) is 5.37. The lowest BCUT2D eigenvalue weighted by Gasteiger charge is -2.28. The van der Waals surface area contributed by atoms with Crippen molar-refractivity contribution >= 4 is 11.9 Å². The summed E-state index contributed by atoms with van der Waals surface area (Å²) in [5, 5.41) is 2.83. The Morgan fingerprint density at radius 1 is 1.33 bits per heavy atom. The summed E-state index contributed by atoms with van der Waals surface area (Å²) in [4.78, 5) is 26.1. The SMILES string of the molecule is CCCCC(CC)C1CNC(=O)N1C(=O)c1ccccc1. The van der Waals surface area contributed by atoms with Crippen molar-refractivity contribution in [2.45, 2.75) is 45.6 Å². The number of nitrogens with zero attached hydrogens (tertiary/aromatic N) is 1. The van der Waals surface area contributed by atoms with Crippen molar-refractivity contribution in [3.63, 3.8) is 0 Å². The van der Waals surface area contributed by atoms with Gasteiger partial charge in [0.2, 0.25) is 0 Å². The van der Waals surface area contributed by atoms with Crippen molar-refractivity contribution in [1.82, 2.24) is 10.2 Å². The van der Waals surface area contributed by atoms with E-state index in [1.807, 2.05) is 18.2 Å². The first-order chi connectivity index (χ1) is 10.2. The first-order valence-corrected chi connectivity index (χ1v) is 7.85. The normalized spacial score (nSPS) is 19.4. The Bertz CT molecular complexity index is 487. The summed E-state index contributed by atoms with van der Waals surface area (Å²) < 4.78 is 0. The number of hydrogen-bond acceptors (Lipinski definition) is 2. The lowest BCUT2D eigenvalue weighted by atomic mass is 9.90. The highest BCUT2D eigenvalue weighted by atomic mass is 16.2. The third-order valence-electron chi connectivity index (χ3n) is 4.25. The average molecular weight is 288 g/mol. The van der Waals surface area contributed by atoms with Crippen LogP contribution in [0.3, 0.4) is 0 Å². The molecule has 0 bridgehead atoms. The van der Waals surface area contributed by atoms with Gasteiger partial charge in [-0.25, -0.2) is 4.79 Å². The number of benzene rings is 1. The molecule has 0 aromatic heterocycles. The summed E-state index contributed by atoms with van der Waals surface area (Å²) in [5.41, 5.74) is 0.574. The molecule has 1 aliphatic heterocycles. The maximum absolute atomic E-state index is 12.6. The monoisotopic (exact) mass is 288 g/mol. The topological polar surface area (TPSA) is 49.4 Å². The molecule has 1 aromatic rings. The van der Waals surface area contributed by atoms with Gasteiger partial charge in [-0.15, -0.1) is 0 Å². The van der Waals surface area contributed by atoms with Crippen molar-refractivity contribution in [3.05, 3.63) is 35.9 Å². The van der Waals surface area contributed by atoms with E-state index in [-0.39, 0.29) is 18.0 Å². The van der Waals surface area contributed by atoms with Crippen LogP contribution in [0.15, 0.2) is 30.3 Å². The van der Waals surface area contributed by atoms with Crippen LogP contribution in [0.25, 0.3) is 0 Å². The Balaban J connectivity index is 2.18. The van der Waals surface area contributed by atoms with Gasteiger partial charge in [-0.3, -0.25) is 9.69 Å². The predicted octanol–water partition coefficient (Wildman–Crippen LogP) is 3.44. The fourth-order valence-corrected chi connectivity index (χ4v) is 2.99. The zero-order chi connectivity index (χ0) is 15.2. The van der Waals surface area contributed by atoms with Gasteiger partial charge in [0, 0.05) is 12.1 Å². The van der Waals surface area contributed by atoms with Gasteiger partial charge in [0.05, 0.1) is 6.04 Å². The van der Waals surface area contributed by atoms with Crippen LogP contribution in [-0.4, -0.2) is 29.4 Å². The predicted molar refractivity (Wildman–Crippen MR) is 83.1 cm³/mol. The number of carbonyl (C=O) groups is 2. The number of rotatable bonds is 6. The quantitative estimate of drug-likeness (QED) is 0.871. The lowest BCUT2D eigenvalue weighted by Crippen LogP contribution is -2.43. The Labute approximate surface area is 126 Å². The second-order valence-corrected chi connectivity index (χ2v) is 5.61. The van der Waals surface area contributed by atoms with E-state index in [0.717, 1.165) is 25.7 Å². The molecule has 2 rings (SSSR count). The first kappa shape index (κ1) is 15.5. The zero-order valence-electron chi connectivity index (χ0n) is 12.8. The minimum absolute atomic E-state index is 0.0262. The largest absolute Gasteiger partial charge is 0.336 e. The minimum Gasteiger partial charge on any atom is -0.336 e. The van der Waals surface area contributed by atoms with E-state index >= 15 is 0 Å². The van der Waals surface area contributed by atoms with E-state index in [0.29, 0.717) is 18.0 Å². The molecule has 1 heterocycles. The van der Waals surface area contributed by atoms with Crippen LogP contribution in [0.5, 0.6) is 0 Å². The van der Waals surface area contributed by atoms with Crippen LogP contribution in [0, 0.1) is 5.92 Å². The number of unbranched alkanes of at least 4 members (excludes halogenated alkanes) is 1. The second-order valence-electron chi connectivity index (χ2n) is 5.61. The molecule has 0 saturated carbocycles. The number of urea groups is 1. The molecule has 1 saturated heterocycles. The highest BCUT2D eigenvalue weighted by molar-refractivity contribution is 6.05. The molecule has 4 nitrogen and oxygen atoms in total. The van der Waals surface area contributed by atoms with Gasteiger partial charge in [-0.1, -0.05) is 51.3 Å². The summed E-state index contributed by atoms with van der Waals surface area (Å²) in [6.45, 7) is 4.87. The van der Waals surface area contributed by atoms with E-state index in [9.17, 15) is 9.59 Å². The minimum atomic E-state index is -0.260. The van der Waals surface area contributed by atoms with Crippen LogP contribution in [0.1, 0.15) is 49.9 Å². The molecule has 4 heteroatoms. The van der Waals surface area contributed by atoms with Crippen LogP contribution < -0.4 is 5.32 Å². The van der Waals surface area contributed by atoms with Crippen LogP contribution in [0.4, 0.5) is 4.79 Å². The molecule has 3 amide bonds. The van der Waals surface area contributed by atoms with Crippen LogP contribution >= 0.6 is 0 Å². The lowest BCUT2D eigenvalue weighted by molar-refractivity contribution is 0.0740. The van der Waals surface area contributed by atoms with Crippen molar-refractivity contribution in [2.24, 2.45) is 5.92 Å². The highest BCUT2D eigenvalue weighted by Gasteiger charge is 2.39. The van der Waals surface area contributed by atoms with Gasteiger partial charge < -0.3 is 5.32 Å². The van der Waals surface area contributed by atoms with Gasteiger partial charge in [0.25, 0.3) is 5.91 Å². The fourth-order valence-electron chi connectivity index (χ4n) is 2.99. The van der Waals surface area contributed by atoms with Crippen molar-refractivity contribution < 1.29 is 9.59 Å². The number of carbonyl (C=O) groups excluding carboxylic acids is 2. The summed E-state index contributed by atoms with van der Waals surface area (Å²) >= 11 is 0. The van der Waals surface area contributed by atoms with E-state index in [2.05, 4.69) is 19.2 Å². The maximum atomic E-state index is 12.6. The van der Waals surface area contributed by atoms with Crippen molar-refractivity contribution in [2.75, 3.05) is 6.54 Å². The maximum Gasteiger partial charge on any atom is 0.324 e. The molecule has 0 spiro atoms. The third kappa shape index (κ3) is 3.43. The molecule has 21 heavy (non-hydrogen) atoms. The number of nitrogens with one attached hydrogen (secondary N) is 1. The van der Waals surface area contributed by atoms with E-state index < -0.39 is 0 Å². The molecular weight excluding hydrogens is 264 g/mol. The van der Waals surface area contributed by atoms with Gasteiger partial charge in [0.15, 0.2) is 0 Å². The average Bonchev–Trinajstić information content (AvgIpc) is 2.90. The summed E-state index contributed by atoms with van der Waals surface area (Å²) in [7, 11) is 0. The second kappa shape index (κ2) is 7.25. The number of amides is 3. The van der Waals surface area contributed by atoms with E-state index in [1.165, 1.54) is 4.90 Å². The fraction of sp³-hybridized carbons (Fsp3) is 0.529. The van der Waals surface area contributed by atoms with Gasteiger partial charge >= 0.3 is 6.03 Å². The van der Waals surface area contributed by atoms with Gasteiger partial charge in [0.1, 0.15) is 0 Å². The van der Waals surface area contributed by atoms with Crippen molar-refractivity contribution in [3.8, 4) is 0 Å². The molecule has 0 radical (unpaired) electrons. The molecule has 1 fully saturated rings. The Morgan fingerprint density at radius 3 is 2.67 bits per heavy atom. The molecule has 0 aliphatic carbocycles. The zero-order valence-corrected chi connectivity index (χ0v) is 12.8. The molecule has 114 valence electrons. The van der Waals surface area contributed by atoms with E-state index in [1.54, 1.807) is 12.1 Å². The molecule has 1 aromatic carbocycles. The Hall–Kier alpha value is -1.84. The van der Waals surface area contributed by atoms with Gasteiger partial charge in [-0.2, -0.15) is 0 Å². The van der Waals surface area contributed by atoms with Gasteiger partial charge in [-0.05, 0) is 24.5 Å². The molecule has 2 unspecified atom stereocenters. The number of imide groups is 1. The molecule has 1 aliphatic rings. The highest BCUT2D eigenvalue weighted by Crippen LogP contribution is 2.25. The molecule has 2 atom stereocenters. The Morgan fingerprint density at radius 2 is 2.05 bits per heavy atom. The molecule has 1 N–H and O–H groups in total. The van der Waals surface area contributed by atoms with Crippen LogP contribution in [-0.2, 0) is 0 Å². The summed E-state index contributed by atoms with van der Waals surface area (Å²) in [6, 6.07) is 8.75. The standard InChI is InChI=1S/C17H24N2O2/c1-3-5-9-13(4-2)15-12-18-17(21)19(15)16(20)14-10-7-6-8-11-14/h6-8,10-11,13,15H,3-5,9,12H2,1-2H3,(H,18,21). The summed E-state index contributed by atoms with van der Waals surface area (Å²) in [6.07, 6.45) is 4.32. The van der Waals surface area contributed by atoms with Crippen LogP contribution in [0.2, 0.25) is 0 Å². The van der Waals surface area contributed by atoms with E-state index in [4.69, 9.17) is 0 Å². The smallest absolute Gasteiger partial charge is 0.324 e. The molecular formula is C17H24N2O2. The number of hydrogen-bond donors (Lipinski definition) is 1. The summed E-state index contributed by atoms with van der Waals surface area (Å²) in [5.74, 6) is 0.183.